The van der Waals surface area contributed by atoms with Crippen LogP contribution in [0, 0.1) is 0 Å². The Hall–Kier alpha value is -2.37. The van der Waals surface area contributed by atoms with Crippen LogP contribution >= 0.6 is 0 Å². The van der Waals surface area contributed by atoms with E-state index in [9.17, 15) is 30.0 Å². The monoisotopic (exact) mass is 486 g/mol. The van der Waals surface area contributed by atoms with Crippen molar-refractivity contribution in [3.63, 3.8) is 0 Å². The Balaban J connectivity index is 2.23. The predicted molar refractivity (Wildman–Crippen MR) is 113 cm³/mol. The summed E-state index contributed by atoms with van der Waals surface area (Å²) in [6, 6.07) is 10.2. The second kappa shape index (κ2) is 7.89. The van der Waals surface area contributed by atoms with Gasteiger partial charge in [0.1, 0.15) is 4.90 Å². The van der Waals surface area contributed by atoms with E-state index in [4.69, 9.17) is 5.14 Å². The maximum absolute atomic E-state index is 13.9. The Morgan fingerprint density at radius 3 is 2.06 bits per heavy atom. The molecule has 2 N–H and O–H groups in total. The van der Waals surface area contributed by atoms with Gasteiger partial charge < -0.3 is 0 Å². The number of sulfonamides is 1. The summed E-state index contributed by atoms with van der Waals surface area (Å²) in [6.45, 7) is 0. The maximum Gasteiger partial charge on any atom is 0.417 e. The van der Waals surface area contributed by atoms with Crippen molar-refractivity contribution < 1.29 is 30.0 Å². The molecule has 1 heterocycles. The van der Waals surface area contributed by atoms with Gasteiger partial charge >= 0.3 is 6.18 Å². The molecule has 1 aromatic heterocycles. The van der Waals surface area contributed by atoms with E-state index in [2.05, 4.69) is 0 Å². The Kier molecular flexibility index (Phi) is 5.62. The van der Waals surface area contributed by atoms with E-state index in [1.807, 2.05) is 0 Å². The zero-order chi connectivity index (χ0) is 23.3. The number of primary sulfonamides is 1. The van der Waals surface area contributed by atoms with Crippen LogP contribution in [0.3, 0.4) is 0 Å². The first kappa shape index (κ1) is 22.8. The van der Waals surface area contributed by atoms with Crippen molar-refractivity contribution >= 4 is 30.9 Å². The second-order valence-corrected chi connectivity index (χ2v) is 11.2. The molecule has 32 heavy (non-hydrogen) atoms. The number of aromatic nitrogens is 1. The Labute approximate surface area is 183 Å². The first-order valence-corrected chi connectivity index (χ1v) is 13.0. The number of hydrogen-bond donors (Lipinski definition) is 1. The summed E-state index contributed by atoms with van der Waals surface area (Å²) in [6.07, 6.45) is -1.73. The summed E-state index contributed by atoms with van der Waals surface area (Å²) < 4.78 is 95.1. The predicted octanol–water partition coefficient (Wildman–Crippen LogP) is 4.59. The van der Waals surface area contributed by atoms with Crippen molar-refractivity contribution in [2.45, 2.75) is 54.0 Å². The molecule has 0 amide bonds. The van der Waals surface area contributed by atoms with Crippen molar-refractivity contribution in [2.75, 3.05) is 0 Å². The van der Waals surface area contributed by atoms with E-state index in [-0.39, 0.29) is 16.1 Å². The van der Waals surface area contributed by atoms with Gasteiger partial charge in [-0.1, -0.05) is 43.5 Å². The summed E-state index contributed by atoms with van der Waals surface area (Å²) in [7, 11) is -9.12. The largest absolute Gasteiger partial charge is 0.417 e. The van der Waals surface area contributed by atoms with E-state index < -0.39 is 48.0 Å². The van der Waals surface area contributed by atoms with Gasteiger partial charge in [-0.15, -0.1) is 0 Å². The van der Waals surface area contributed by atoms with Gasteiger partial charge in [0.15, 0.2) is 0 Å². The van der Waals surface area contributed by atoms with Crippen LogP contribution < -0.4 is 5.14 Å². The third kappa shape index (κ3) is 3.82. The quantitative estimate of drug-likeness (QED) is 0.583. The number of fused-ring (bicyclic) bond motifs is 1. The topological polar surface area (TPSA) is 99.2 Å². The third-order valence-electron chi connectivity index (χ3n) is 5.80. The van der Waals surface area contributed by atoms with Gasteiger partial charge in [0.2, 0.25) is 10.0 Å². The normalized spacial score (nSPS) is 16.5. The highest BCUT2D eigenvalue weighted by Crippen LogP contribution is 2.46. The molecule has 172 valence electrons. The van der Waals surface area contributed by atoms with E-state index in [1.54, 1.807) is 6.07 Å². The molecule has 0 bridgehead atoms. The SMILES string of the molecule is NS(=O)(=O)c1c(C2CCCCC2)n(S(=O)(=O)c2ccccc2)c2cccc(C(F)(F)F)c12. The van der Waals surface area contributed by atoms with Crippen molar-refractivity contribution in [2.24, 2.45) is 5.14 Å². The van der Waals surface area contributed by atoms with Gasteiger partial charge in [-0.2, -0.15) is 13.2 Å². The number of nitrogens with zero attached hydrogens (tertiary/aromatic N) is 1. The van der Waals surface area contributed by atoms with Crippen LogP contribution in [-0.2, 0) is 26.2 Å². The van der Waals surface area contributed by atoms with Crippen molar-refractivity contribution in [3.8, 4) is 0 Å². The molecule has 0 atom stereocenters. The van der Waals surface area contributed by atoms with Crippen LogP contribution in [0.2, 0.25) is 0 Å². The van der Waals surface area contributed by atoms with Gasteiger partial charge in [0.25, 0.3) is 10.0 Å². The number of benzene rings is 2. The number of halogens is 3. The maximum atomic E-state index is 13.9. The van der Waals surface area contributed by atoms with Crippen LogP contribution in [-0.4, -0.2) is 20.8 Å². The molecule has 3 aromatic rings. The molecule has 0 aliphatic heterocycles. The summed E-state index contributed by atoms with van der Waals surface area (Å²) in [5, 5.41) is 4.73. The first-order chi connectivity index (χ1) is 14.9. The van der Waals surface area contributed by atoms with Crippen LogP contribution in [0.4, 0.5) is 13.2 Å². The van der Waals surface area contributed by atoms with Gasteiger partial charge in [-0.3, -0.25) is 0 Å². The van der Waals surface area contributed by atoms with Crippen LogP contribution in [0.5, 0.6) is 0 Å². The zero-order valence-corrected chi connectivity index (χ0v) is 18.5. The average molecular weight is 487 g/mol. The molecule has 4 rings (SSSR count). The fourth-order valence-electron chi connectivity index (χ4n) is 4.51. The van der Waals surface area contributed by atoms with Crippen molar-refractivity contribution in [1.29, 1.82) is 0 Å². The lowest BCUT2D eigenvalue weighted by Gasteiger charge is -2.24. The van der Waals surface area contributed by atoms with E-state index >= 15 is 0 Å². The molecule has 6 nitrogen and oxygen atoms in total. The van der Waals surface area contributed by atoms with Gasteiger partial charge in [0.05, 0.1) is 21.7 Å². The number of nitrogens with two attached hydrogens (primary N) is 1. The fourth-order valence-corrected chi connectivity index (χ4v) is 7.23. The lowest BCUT2D eigenvalue weighted by atomic mass is 9.87. The highest BCUT2D eigenvalue weighted by atomic mass is 32.2. The molecule has 1 aliphatic rings. The number of rotatable bonds is 4. The van der Waals surface area contributed by atoms with E-state index in [1.165, 1.54) is 30.3 Å². The molecule has 0 radical (unpaired) electrons. The summed E-state index contributed by atoms with van der Waals surface area (Å²) in [5.74, 6) is -0.566. The minimum absolute atomic E-state index is 0.160. The van der Waals surface area contributed by atoms with Crippen LogP contribution in [0.1, 0.15) is 49.3 Å². The van der Waals surface area contributed by atoms with Crippen molar-refractivity contribution in [1.82, 2.24) is 3.97 Å². The molecule has 0 saturated heterocycles. The summed E-state index contributed by atoms with van der Waals surface area (Å²) in [5.41, 5.74) is -1.78. The smallest absolute Gasteiger partial charge is 0.236 e. The molecular weight excluding hydrogens is 465 g/mol. The van der Waals surface area contributed by atoms with Crippen molar-refractivity contribution in [3.05, 3.63) is 59.8 Å². The molecule has 11 heteroatoms. The molecular formula is C21H21F3N2O4S2. The summed E-state index contributed by atoms with van der Waals surface area (Å²) >= 11 is 0. The Morgan fingerprint density at radius 1 is 0.875 bits per heavy atom. The van der Waals surface area contributed by atoms with E-state index in [0.29, 0.717) is 25.7 Å². The third-order valence-corrected chi connectivity index (χ3v) is 8.53. The fraction of sp³-hybridized carbons (Fsp3) is 0.333. The van der Waals surface area contributed by atoms with E-state index in [0.717, 1.165) is 22.5 Å². The van der Waals surface area contributed by atoms with Gasteiger partial charge in [-0.05, 0) is 37.1 Å². The van der Waals surface area contributed by atoms with Gasteiger partial charge in [0, 0.05) is 11.3 Å². The molecule has 0 unspecified atom stereocenters. The Bertz CT molecular complexity index is 1370. The number of hydrogen-bond acceptors (Lipinski definition) is 4. The molecule has 1 aliphatic carbocycles. The highest BCUT2D eigenvalue weighted by molar-refractivity contribution is 7.90. The lowest BCUT2D eigenvalue weighted by molar-refractivity contribution is -0.136. The Morgan fingerprint density at radius 2 is 1.50 bits per heavy atom. The minimum Gasteiger partial charge on any atom is -0.236 e. The second-order valence-electron chi connectivity index (χ2n) is 7.87. The molecule has 0 spiro atoms. The standard InChI is InChI=1S/C21H21F3N2O4S2/c22-21(23,24)16-12-7-13-17-18(16)20(31(25,27)28)19(14-8-3-1-4-9-14)26(17)32(29,30)15-10-5-2-6-11-15/h2,5-7,10-14H,1,3-4,8-9H2,(H2,25,27,28). The van der Waals surface area contributed by atoms with Crippen LogP contribution in [0.15, 0.2) is 58.3 Å². The molecule has 1 saturated carbocycles. The minimum atomic E-state index is -4.91. The first-order valence-electron chi connectivity index (χ1n) is 10.0. The highest BCUT2D eigenvalue weighted by Gasteiger charge is 2.41. The number of alkyl halides is 3. The van der Waals surface area contributed by atoms with Gasteiger partial charge in [-0.25, -0.2) is 25.9 Å². The zero-order valence-electron chi connectivity index (χ0n) is 16.8. The lowest BCUT2D eigenvalue weighted by Crippen LogP contribution is -2.22. The van der Waals surface area contributed by atoms with Crippen LogP contribution in [0.25, 0.3) is 10.9 Å². The molecule has 1 fully saturated rings. The summed E-state index contributed by atoms with van der Waals surface area (Å²) in [4.78, 5) is -0.917. The average Bonchev–Trinajstić information content (AvgIpc) is 3.10. The molecule has 2 aromatic carbocycles.